The van der Waals surface area contributed by atoms with E-state index in [0.29, 0.717) is 31.4 Å². The molecule has 1 fully saturated rings. The minimum atomic E-state index is -0.893. The summed E-state index contributed by atoms with van der Waals surface area (Å²) in [7, 11) is 0. The van der Waals surface area contributed by atoms with E-state index in [9.17, 15) is 14.7 Å². The van der Waals surface area contributed by atoms with E-state index in [1.807, 2.05) is 6.92 Å². The monoisotopic (exact) mass is 286 g/mol. The lowest BCUT2D eigenvalue weighted by molar-refractivity contribution is -0.146. The number of carboxylic acid groups (broad SMARTS) is 1. The molecule has 1 heterocycles. The predicted molar refractivity (Wildman–Crippen MR) is 76.3 cm³/mol. The zero-order valence-electron chi connectivity index (χ0n) is 12.0. The van der Waals surface area contributed by atoms with E-state index < -0.39 is 17.9 Å². The van der Waals surface area contributed by atoms with Gasteiger partial charge in [0, 0.05) is 13.0 Å². The second-order valence-electron chi connectivity index (χ2n) is 5.20. The fraction of sp³-hybridized carbons (Fsp3) is 0.438. The Balaban J connectivity index is 2.51. The van der Waals surface area contributed by atoms with Crippen molar-refractivity contribution in [1.29, 1.82) is 5.26 Å². The van der Waals surface area contributed by atoms with Gasteiger partial charge in [-0.2, -0.15) is 5.26 Å². The van der Waals surface area contributed by atoms with Gasteiger partial charge >= 0.3 is 5.97 Å². The molecule has 1 amide bonds. The van der Waals surface area contributed by atoms with Gasteiger partial charge in [-0.15, -0.1) is 0 Å². The highest BCUT2D eigenvalue weighted by molar-refractivity contribution is 5.79. The number of nitrogens with zero attached hydrogens (tertiary/aromatic N) is 2. The van der Waals surface area contributed by atoms with E-state index in [1.165, 1.54) is 0 Å². The first kappa shape index (κ1) is 15.0. The highest BCUT2D eigenvalue weighted by Gasteiger charge is 2.37. The molecule has 0 aliphatic carbocycles. The molecule has 2 atom stereocenters. The maximum atomic E-state index is 12.2. The van der Waals surface area contributed by atoms with Crippen LogP contribution in [-0.4, -0.2) is 28.4 Å². The minimum Gasteiger partial charge on any atom is -0.481 e. The van der Waals surface area contributed by atoms with Gasteiger partial charge in [0.15, 0.2) is 0 Å². The second-order valence-corrected chi connectivity index (χ2v) is 5.20. The Morgan fingerprint density at radius 2 is 2.29 bits per heavy atom. The molecular weight excluding hydrogens is 268 g/mol. The molecule has 0 radical (unpaired) electrons. The van der Waals surface area contributed by atoms with Gasteiger partial charge in [0.1, 0.15) is 0 Å². The van der Waals surface area contributed by atoms with Gasteiger partial charge in [0.2, 0.25) is 5.91 Å². The van der Waals surface area contributed by atoms with Crippen LogP contribution in [0.4, 0.5) is 0 Å². The summed E-state index contributed by atoms with van der Waals surface area (Å²) < 4.78 is 0. The average Bonchev–Trinajstić information content (AvgIpc) is 2.65. The van der Waals surface area contributed by atoms with Crippen LogP contribution in [0.5, 0.6) is 0 Å². The number of carbonyl (C=O) groups excluding carboxylic acids is 1. The molecule has 1 N–H and O–H groups in total. The van der Waals surface area contributed by atoms with E-state index in [-0.39, 0.29) is 5.91 Å². The number of carboxylic acids is 1. The van der Waals surface area contributed by atoms with Crippen molar-refractivity contribution in [1.82, 2.24) is 4.90 Å². The van der Waals surface area contributed by atoms with Crippen molar-refractivity contribution < 1.29 is 14.7 Å². The Hall–Kier alpha value is -2.35. The van der Waals surface area contributed by atoms with Crippen LogP contribution in [0.2, 0.25) is 0 Å². The molecule has 0 saturated carbocycles. The Morgan fingerprint density at radius 1 is 1.52 bits per heavy atom. The summed E-state index contributed by atoms with van der Waals surface area (Å²) >= 11 is 0. The number of hydrogen-bond acceptors (Lipinski definition) is 3. The van der Waals surface area contributed by atoms with Crippen LogP contribution >= 0.6 is 0 Å². The fourth-order valence-electron chi connectivity index (χ4n) is 2.98. The molecule has 0 spiro atoms. The lowest BCUT2D eigenvalue weighted by atomic mass is 9.88. The standard InChI is InChI=1S/C16H18N2O3/c1-2-18-14(19)8-4-7-13(16(20)21)15(18)12-6-3-5-11(9-12)10-17/h3,5-6,9,13,15H,2,4,7-8H2,1H3,(H,20,21). The highest BCUT2D eigenvalue weighted by atomic mass is 16.4. The summed E-state index contributed by atoms with van der Waals surface area (Å²) in [6.07, 6.45) is 1.44. The molecule has 21 heavy (non-hydrogen) atoms. The van der Waals surface area contributed by atoms with Gasteiger partial charge < -0.3 is 10.0 Å². The molecule has 0 aromatic heterocycles. The molecule has 2 rings (SSSR count). The predicted octanol–water partition coefficient (Wildman–Crippen LogP) is 2.33. The summed E-state index contributed by atoms with van der Waals surface area (Å²) in [5.41, 5.74) is 1.20. The van der Waals surface area contributed by atoms with E-state index in [2.05, 4.69) is 6.07 Å². The molecule has 1 aliphatic heterocycles. The first-order valence-electron chi connectivity index (χ1n) is 7.10. The Kier molecular flexibility index (Phi) is 4.59. The molecule has 5 nitrogen and oxygen atoms in total. The number of amides is 1. The summed E-state index contributed by atoms with van der Waals surface area (Å²) in [5.74, 6) is -1.55. The highest BCUT2D eigenvalue weighted by Crippen LogP contribution is 2.36. The molecule has 1 aromatic rings. The molecule has 110 valence electrons. The van der Waals surface area contributed by atoms with Crippen LogP contribution in [0.3, 0.4) is 0 Å². The zero-order valence-corrected chi connectivity index (χ0v) is 12.0. The number of aliphatic carboxylic acids is 1. The van der Waals surface area contributed by atoms with Gasteiger partial charge in [-0.25, -0.2) is 0 Å². The maximum Gasteiger partial charge on any atom is 0.308 e. The number of likely N-dealkylation sites (tertiary alicyclic amines) is 1. The number of rotatable bonds is 3. The molecule has 1 aliphatic rings. The van der Waals surface area contributed by atoms with Crippen molar-refractivity contribution in [2.75, 3.05) is 6.54 Å². The van der Waals surface area contributed by atoms with Crippen LogP contribution in [0.1, 0.15) is 43.4 Å². The van der Waals surface area contributed by atoms with E-state index in [1.54, 1.807) is 29.2 Å². The first-order valence-corrected chi connectivity index (χ1v) is 7.10. The third kappa shape index (κ3) is 3.05. The molecule has 0 bridgehead atoms. The quantitative estimate of drug-likeness (QED) is 0.924. The number of carbonyl (C=O) groups is 2. The second kappa shape index (κ2) is 6.40. The largest absolute Gasteiger partial charge is 0.481 e. The maximum absolute atomic E-state index is 12.2. The summed E-state index contributed by atoms with van der Waals surface area (Å²) in [5, 5.41) is 18.5. The van der Waals surface area contributed by atoms with Gasteiger partial charge in [-0.05, 0) is 37.5 Å². The molecular formula is C16H18N2O3. The third-order valence-electron chi connectivity index (χ3n) is 3.96. The summed E-state index contributed by atoms with van der Waals surface area (Å²) in [6, 6.07) is 8.44. The smallest absolute Gasteiger partial charge is 0.308 e. The van der Waals surface area contributed by atoms with Crippen LogP contribution in [-0.2, 0) is 9.59 Å². The topological polar surface area (TPSA) is 81.4 Å². The SMILES string of the molecule is CCN1C(=O)CCCC(C(=O)O)C1c1cccc(C#N)c1. The van der Waals surface area contributed by atoms with Crippen LogP contribution in [0, 0.1) is 17.2 Å². The van der Waals surface area contributed by atoms with Crippen molar-refractivity contribution in [3.63, 3.8) is 0 Å². The van der Waals surface area contributed by atoms with Crippen LogP contribution in [0.15, 0.2) is 24.3 Å². The minimum absolute atomic E-state index is 0.0198. The zero-order chi connectivity index (χ0) is 15.4. The van der Waals surface area contributed by atoms with Crippen LogP contribution in [0.25, 0.3) is 0 Å². The Morgan fingerprint density at radius 3 is 2.90 bits per heavy atom. The van der Waals surface area contributed by atoms with Crippen molar-refractivity contribution in [2.45, 2.75) is 32.2 Å². The lowest BCUT2D eigenvalue weighted by Gasteiger charge is -2.33. The number of nitriles is 1. The van der Waals surface area contributed by atoms with Crippen molar-refractivity contribution >= 4 is 11.9 Å². The molecule has 1 aromatic carbocycles. The third-order valence-corrected chi connectivity index (χ3v) is 3.96. The number of benzene rings is 1. The summed E-state index contributed by atoms with van der Waals surface area (Å²) in [4.78, 5) is 25.5. The van der Waals surface area contributed by atoms with E-state index in [0.717, 1.165) is 5.56 Å². The van der Waals surface area contributed by atoms with Crippen molar-refractivity contribution in [3.05, 3.63) is 35.4 Å². The van der Waals surface area contributed by atoms with Gasteiger partial charge in [-0.3, -0.25) is 9.59 Å². The molecule has 5 heteroatoms. The van der Waals surface area contributed by atoms with Gasteiger partial charge in [0.05, 0.1) is 23.6 Å². The molecule has 2 unspecified atom stereocenters. The normalized spacial score (nSPS) is 22.5. The Labute approximate surface area is 123 Å². The molecule has 1 saturated heterocycles. The fourth-order valence-corrected chi connectivity index (χ4v) is 2.98. The lowest BCUT2D eigenvalue weighted by Crippen LogP contribution is -2.38. The van der Waals surface area contributed by atoms with Crippen LogP contribution < -0.4 is 0 Å². The number of hydrogen-bond donors (Lipinski definition) is 1. The summed E-state index contributed by atoms with van der Waals surface area (Å²) in [6.45, 7) is 2.31. The van der Waals surface area contributed by atoms with Gasteiger partial charge in [0.25, 0.3) is 0 Å². The Bertz CT molecular complexity index is 589. The first-order chi connectivity index (χ1) is 10.1. The van der Waals surface area contributed by atoms with Gasteiger partial charge in [-0.1, -0.05) is 12.1 Å². The van der Waals surface area contributed by atoms with E-state index in [4.69, 9.17) is 5.26 Å². The van der Waals surface area contributed by atoms with Crippen molar-refractivity contribution in [2.24, 2.45) is 5.92 Å². The van der Waals surface area contributed by atoms with Crippen molar-refractivity contribution in [3.8, 4) is 6.07 Å². The van der Waals surface area contributed by atoms with E-state index >= 15 is 0 Å². The average molecular weight is 286 g/mol.